The van der Waals surface area contributed by atoms with Gasteiger partial charge in [-0.2, -0.15) is 0 Å². The summed E-state index contributed by atoms with van der Waals surface area (Å²) in [6.07, 6.45) is 2.15. The number of aryl methyl sites for hydroxylation is 1. The van der Waals surface area contributed by atoms with Crippen LogP contribution in [-0.2, 0) is 21.2 Å². The molecule has 0 radical (unpaired) electrons. The van der Waals surface area contributed by atoms with Crippen LogP contribution >= 0.6 is 0 Å². The van der Waals surface area contributed by atoms with Crippen LogP contribution in [-0.4, -0.2) is 38.6 Å². The van der Waals surface area contributed by atoms with Crippen molar-refractivity contribution in [3.05, 3.63) is 69.5 Å². The Labute approximate surface area is 168 Å². The van der Waals surface area contributed by atoms with Gasteiger partial charge in [-0.15, -0.1) is 0 Å². The first kappa shape index (κ1) is 22.3. The first-order valence-electron chi connectivity index (χ1n) is 8.82. The molecule has 0 bridgehead atoms. The van der Waals surface area contributed by atoms with E-state index in [1.807, 2.05) is 0 Å². The number of hydrogen-bond donors (Lipinski definition) is 1. The maximum atomic E-state index is 12.9. The van der Waals surface area contributed by atoms with Crippen LogP contribution in [0.4, 0.5) is 15.8 Å². The van der Waals surface area contributed by atoms with Crippen molar-refractivity contribution in [2.24, 2.45) is 0 Å². The highest BCUT2D eigenvalue weighted by atomic mass is 32.2. The summed E-state index contributed by atoms with van der Waals surface area (Å²) in [5.41, 5.74) is 0.941. The summed E-state index contributed by atoms with van der Waals surface area (Å²) in [6.45, 7) is 1.26. The van der Waals surface area contributed by atoms with Gasteiger partial charge < -0.3 is 5.32 Å². The number of rotatable bonds is 9. The summed E-state index contributed by atoms with van der Waals surface area (Å²) in [4.78, 5) is 22.8. The average Bonchev–Trinajstić information content (AvgIpc) is 2.64. The van der Waals surface area contributed by atoms with Crippen molar-refractivity contribution in [3.8, 4) is 0 Å². The fourth-order valence-corrected chi connectivity index (χ4v) is 3.73. The molecule has 0 saturated carbocycles. The number of nitrogens with one attached hydrogen (secondary N) is 1. The van der Waals surface area contributed by atoms with E-state index in [0.717, 1.165) is 16.1 Å². The van der Waals surface area contributed by atoms with E-state index in [-0.39, 0.29) is 22.8 Å². The predicted octanol–water partition coefficient (Wildman–Crippen LogP) is 2.56. The normalized spacial score (nSPS) is 11.1. The zero-order valence-corrected chi connectivity index (χ0v) is 16.9. The minimum Gasteiger partial charge on any atom is -0.355 e. The zero-order chi connectivity index (χ0) is 21.6. The fourth-order valence-electron chi connectivity index (χ4n) is 2.82. The van der Waals surface area contributed by atoms with Gasteiger partial charge in [0.25, 0.3) is 5.69 Å². The molecule has 0 fully saturated rings. The van der Waals surface area contributed by atoms with Crippen LogP contribution < -0.4 is 9.62 Å². The molecule has 0 heterocycles. The van der Waals surface area contributed by atoms with E-state index in [0.29, 0.717) is 19.4 Å². The number of nitro benzene ring substituents is 1. The van der Waals surface area contributed by atoms with Crippen molar-refractivity contribution in [2.45, 2.75) is 19.8 Å². The lowest BCUT2D eigenvalue weighted by Crippen LogP contribution is -2.41. The Morgan fingerprint density at radius 2 is 1.86 bits per heavy atom. The third-order valence-corrected chi connectivity index (χ3v) is 5.43. The SMILES string of the molecule is Cc1c(N(CC(=O)NCCCc2ccc(F)cc2)S(C)(=O)=O)cccc1[N+](=O)[O-]. The number of anilines is 1. The standard InChI is InChI=1S/C19H22FN3O5S/c1-14-17(6-3-7-18(14)23(25)26)22(29(2,27)28)13-19(24)21-12-4-5-15-8-10-16(20)11-9-15/h3,6-11H,4-5,12-13H2,1-2H3,(H,21,24). The highest BCUT2D eigenvalue weighted by molar-refractivity contribution is 7.92. The summed E-state index contributed by atoms with van der Waals surface area (Å²) >= 11 is 0. The molecule has 10 heteroatoms. The van der Waals surface area contributed by atoms with Crippen molar-refractivity contribution in [1.82, 2.24) is 5.32 Å². The smallest absolute Gasteiger partial charge is 0.274 e. The number of amides is 1. The number of nitrogens with zero attached hydrogens (tertiary/aromatic N) is 2. The van der Waals surface area contributed by atoms with Gasteiger partial charge in [0.2, 0.25) is 15.9 Å². The third kappa shape index (κ3) is 6.24. The lowest BCUT2D eigenvalue weighted by atomic mass is 10.1. The second-order valence-corrected chi connectivity index (χ2v) is 8.43. The van der Waals surface area contributed by atoms with Crippen LogP contribution in [0.2, 0.25) is 0 Å². The van der Waals surface area contributed by atoms with Gasteiger partial charge in [-0.25, -0.2) is 12.8 Å². The number of carbonyl (C=O) groups is 1. The highest BCUT2D eigenvalue weighted by Gasteiger charge is 2.25. The summed E-state index contributed by atoms with van der Waals surface area (Å²) in [5.74, 6) is -0.847. The largest absolute Gasteiger partial charge is 0.355 e. The van der Waals surface area contributed by atoms with Gasteiger partial charge in [0.1, 0.15) is 12.4 Å². The molecule has 1 amide bonds. The van der Waals surface area contributed by atoms with E-state index in [2.05, 4.69) is 5.32 Å². The summed E-state index contributed by atoms with van der Waals surface area (Å²) in [5, 5.41) is 13.8. The monoisotopic (exact) mass is 423 g/mol. The second-order valence-electron chi connectivity index (χ2n) is 6.53. The number of halogens is 1. The van der Waals surface area contributed by atoms with E-state index >= 15 is 0 Å². The fraction of sp³-hybridized carbons (Fsp3) is 0.316. The topological polar surface area (TPSA) is 110 Å². The van der Waals surface area contributed by atoms with Crippen LogP contribution in [0.3, 0.4) is 0 Å². The Morgan fingerprint density at radius 3 is 2.45 bits per heavy atom. The lowest BCUT2D eigenvalue weighted by Gasteiger charge is -2.23. The molecule has 0 spiro atoms. The van der Waals surface area contributed by atoms with Gasteiger partial charge in [0.05, 0.1) is 22.4 Å². The molecule has 0 aliphatic heterocycles. The van der Waals surface area contributed by atoms with Gasteiger partial charge in [-0.3, -0.25) is 19.2 Å². The highest BCUT2D eigenvalue weighted by Crippen LogP contribution is 2.29. The first-order chi connectivity index (χ1) is 13.6. The van der Waals surface area contributed by atoms with E-state index in [4.69, 9.17) is 0 Å². The van der Waals surface area contributed by atoms with Crippen LogP contribution in [0.1, 0.15) is 17.5 Å². The minimum absolute atomic E-state index is 0.0863. The molecule has 0 unspecified atom stereocenters. The maximum Gasteiger partial charge on any atom is 0.274 e. The van der Waals surface area contributed by atoms with Gasteiger partial charge >= 0.3 is 0 Å². The molecule has 0 atom stereocenters. The Kier molecular flexibility index (Phi) is 7.27. The minimum atomic E-state index is -3.84. The number of nitro groups is 1. The van der Waals surface area contributed by atoms with Gasteiger partial charge in [-0.1, -0.05) is 18.2 Å². The van der Waals surface area contributed by atoms with Crippen molar-refractivity contribution in [2.75, 3.05) is 23.7 Å². The molecular weight excluding hydrogens is 401 g/mol. The van der Waals surface area contributed by atoms with Crippen molar-refractivity contribution < 1.29 is 22.5 Å². The molecule has 2 aromatic rings. The van der Waals surface area contributed by atoms with E-state index in [9.17, 15) is 27.7 Å². The molecule has 0 saturated heterocycles. The summed E-state index contributed by atoms with van der Waals surface area (Å²) in [7, 11) is -3.84. The predicted molar refractivity (Wildman–Crippen MR) is 108 cm³/mol. The van der Waals surface area contributed by atoms with Crippen molar-refractivity contribution in [3.63, 3.8) is 0 Å². The number of hydrogen-bond acceptors (Lipinski definition) is 5. The molecule has 1 N–H and O–H groups in total. The van der Waals surface area contributed by atoms with E-state index in [1.165, 1.54) is 37.3 Å². The van der Waals surface area contributed by atoms with E-state index in [1.54, 1.807) is 12.1 Å². The summed E-state index contributed by atoms with van der Waals surface area (Å²) in [6, 6.07) is 10.1. The molecule has 2 rings (SSSR count). The zero-order valence-electron chi connectivity index (χ0n) is 16.1. The van der Waals surface area contributed by atoms with Gasteiger partial charge in [0.15, 0.2) is 0 Å². The lowest BCUT2D eigenvalue weighted by molar-refractivity contribution is -0.385. The molecule has 0 aliphatic rings. The Morgan fingerprint density at radius 1 is 1.21 bits per heavy atom. The molecule has 0 aromatic heterocycles. The van der Waals surface area contributed by atoms with Crippen molar-refractivity contribution >= 4 is 27.3 Å². The molecule has 29 heavy (non-hydrogen) atoms. The van der Waals surface area contributed by atoms with Crippen LogP contribution in [0, 0.1) is 22.9 Å². The van der Waals surface area contributed by atoms with Crippen LogP contribution in [0.25, 0.3) is 0 Å². The number of carbonyl (C=O) groups excluding carboxylic acids is 1. The number of sulfonamides is 1. The first-order valence-corrected chi connectivity index (χ1v) is 10.7. The Balaban J connectivity index is 2.02. The average molecular weight is 423 g/mol. The van der Waals surface area contributed by atoms with Crippen molar-refractivity contribution in [1.29, 1.82) is 0 Å². The third-order valence-electron chi connectivity index (χ3n) is 4.31. The quantitative estimate of drug-likeness (QED) is 0.379. The molecule has 156 valence electrons. The maximum absolute atomic E-state index is 12.9. The molecular formula is C19H22FN3O5S. The van der Waals surface area contributed by atoms with E-state index < -0.39 is 27.4 Å². The Hall–Kier alpha value is -3.01. The number of benzene rings is 2. The summed E-state index contributed by atoms with van der Waals surface area (Å²) < 4.78 is 38.1. The Bertz CT molecular complexity index is 993. The molecule has 2 aromatic carbocycles. The van der Waals surface area contributed by atoms with Crippen LogP contribution in [0.5, 0.6) is 0 Å². The van der Waals surface area contributed by atoms with Crippen LogP contribution in [0.15, 0.2) is 42.5 Å². The second kappa shape index (κ2) is 9.46. The molecule has 8 nitrogen and oxygen atoms in total. The molecule has 0 aliphatic carbocycles. The van der Waals surface area contributed by atoms with Gasteiger partial charge in [0, 0.05) is 12.6 Å². The van der Waals surface area contributed by atoms with Gasteiger partial charge in [-0.05, 0) is 43.5 Å².